The summed E-state index contributed by atoms with van der Waals surface area (Å²) in [6, 6.07) is 4.87. The highest BCUT2D eigenvalue weighted by molar-refractivity contribution is 7.99. The predicted molar refractivity (Wildman–Crippen MR) is 87.0 cm³/mol. The number of thiophene rings is 1. The molecule has 1 fully saturated rings. The molecule has 0 bridgehead atoms. The second kappa shape index (κ2) is 7.42. The third kappa shape index (κ3) is 4.31. The minimum atomic E-state index is 0.708. The summed E-state index contributed by atoms with van der Waals surface area (Å²) in [5, 5.41) is 11.0. The second-order valence-corrected chi connectivity index (χ2v) is 7.56. The van der Waals surface area contributed by atoms with E-state index in [1.807, 2.05) is 6.07 Å². The summed E-state index contributed by atoms with van der Waals surface area (Å²) in [4.78, 5) is 3.75. The monoisotopic (exact) mass is 323 g/mol. The van der Waals surface area contributed by atoms with E-state index in [9.17, 15) is 0 Å². The zero-order chi connectivity index (χ0) is 14.5. The molecule has 0 aliphatic carbocycles. The zero-order valence-electron chi connectivity index (χ0n) is 12.3. The van der Waals surface area contributed by atoms with Gasteiger partial charge in [-0.3, -0.25) is 0 Å². The minimum absolute atomic E-state index is 0.708. The fourth-order valence-corrected chi connectivity index (χ4v) is 4.24. The highest BCUT2D eigenvalue weighted by Crippen LogP contribution is 2.24. The van der Waals surface area contributed by atoms with E-state index >= 15 is 0 Å². The van der Waals surface area contributed by atoms with Crippen molar-refractivity contribution in [1.82, 2.24) is 15.1 Å². The first kappa shape index (κ1) is 15.1. The Morgan fingerprint density at radius 1 is 1.43 bits per heavy atom. The van der Waals surface area contributed by atoms with Crippen LogP contribution in [-0.4, -0.2) is 40.5 Å². The van der Waals surface area contributed by atoms with Crippen LogP contribution < -0.4 is 0 Å². The highest BCUT2D eigenvalue weighted by Gasteiger charge is 2.18. The third-order valence-corrected chi connectivity index (χ3v) is 5.68. The fourth-order valence-electron chi connectivity index (χ4n) is 2.72. The lowest BCUT2D eigenvalue weighted by Crippen LogP contribution is -2.36. The molecular formula is C15H21N3OS2. The van der Waals surface area contributed by atoms with Crippen molar-refractivity contribution >= 4 is 23.1 Å². The summed E-state index contributed by atoms with van der Waals surface area (Å²) in [5.41, 5.74) is 0. The van der Waals surface area contributed by atoms with Crippen LogP contribution in [0.5, 0.6) is 0 Å². The molecule has 3 rings (SSSR count). The van der Waals surface area contributed by atoms with Gasteiger partial charge in [-0.05, 0) is 44.3 Å². The number of thioether (sulfide) groups is 1. The number of likely N-dealkylation sites (tertiary alicyclic amines) is 1. The topological polar surface area (TPSA) is 42.2 Å². The molecule has 1 atom stereocenters. The lowest BCUT2D eigenvalue weighted by atomic mass is 10.0. The first-order valence-corrected chi connectivity index (χ1v) is 9.35. The maximum atomic E-state index is 5.71. The van der Waals surface area contributed by atoms with Crippen molar-refractivity contribution in [2.24, 2.45) is 0 Å². The maximum absolute atomic E-state index is 5.71. The van der Waals surface area contributed by atoms with Gasteiger partial charge in [-0.25, -0.2) is 0 Å². The van der Waals surface area contributed by atoms with E-state index in [-0.39, 0.29) is 0 Å². The average Bonchev–Trinajstić information content (AvgIpc) is 3.14. The van der Waals surface area contributed by atoms with Gasteiger partial charge in [0.1, 0.15) is 0 Å². The Kier molecular flexibility index (Phi) is 5.32. The molecule has 0 saturated carbocycles. The Hall–Kier alpha value is -0.850. The van der Waals surface area contributed by atoms with Gasteiger partial charge in [0.2, 0.25) is 5.89 Å². The maximum Gasteiger partial charge on any atom is 0.276 e. The Bertz CT molecular complexity index is 541. The Balaban J connectivity index is 1.44. The van der Waals surface area contributed by atoms with Gasteiger partial charge in [-0.2, -0.15) is 0 Å². The molecule has 6 heteroatoms. The van der Waals surface area contributed by atoms with Crippen LogP contribution in [0.25, 0.3) is 0 Å². The van der Waals surface area contributed by atoms with Crippen LogP contribution in [0.3, 0.4) is 0 Å². The molecule has 21 heavy (non-hydrogen) atoms. The van der Waals surface area contributed by atoms with Gasteiger partial charge in [0.25, 0.3) is 5.22 Å². The molecule has 2 aromatic rings. The summed E-state index contributed by atoms with van der Waals surface area (Å²) in [6.07, 6.45) is 5.98. The van der Waals surface area contributed by atoms with Gasteiger partial charge >= 0.3 is 0 Å². The molecule has 0 radical (unpaired) electrons. The lowest BCUT2D eigenvalue weighted by Gasteiger charge is -2.32. The molecule has 0 aromatic carbocycles. The molecule has 1 aliphatic heterocycles. The highest BCUT2D eigenvalue weighted by atomic mass is 32.2. The first-order valence-electron chi connectivity index (χ1n) is 7.49. The number of piperidine rings is 1. The molecule has 0 spiro atoms. The summed E-state index contributed by atoms with van der Waals surface area (Å²) in [6.45, 7) is 1.24. The van der Waals surface area contributed by atoms with Crippen molar-refractivity contribution < 1.29 is 4.42 Å². The quantitative estimate of drug-likeness (QED) is 0.759. The third-order valence-electron chi connectivity index (χ3n) is 3.95. The first-order chi connectivity index (χ1) is 10.3. The lowest BCUT2D eigenvalue weighted by molar-refractivity contribution is 0.182. The van der Waals surface area contributed by atoms with E-state index < -0.39 is 0 Å². The van der Waals surface area contributed by atoms with Gasteiger partial charge in [-0.15, -0.1) is 21.5 Å². The Labute approximate surface area is 133 Å². The average molecular weight is 323 g/mol. The van der Waals surface area contributed by atoms with Crippen LogP contribution >= 0.6 is 23.1 Å². The number of aromatic nitrogens is 2. The van der Waals surface area contributed by atoms with E-state index in [1.165, 1.54) is 37.1 Å². The van der Waals surface area contributed by atoms with Crippen molar-refractivity contribution in [2.75, 3.05) is 19.3 Å². The van der Waals surface area contributed by atoms with E-state index in [2.05, 4.69) is 33.6 Å². The van der Waals surface area contributed by atoms with Crippen molar-refractivity contribution in [2.45, 2.75) is 43.4 Å². The molecule has 1 aliphatic rings. The van der Waals surface area contributed by atoms with Crippen LogP contribution in [0.1, 0.15) is 36.5 Å². The SMILES string of the molecule is CN1CCCCC1CCSc1nnc(Cc2cccs2)o1. The molecule has 0 N–H and O–H groups in total. The van der Waals surface area contributed by atoms with E-state index in [1.54, 1.807) is 23.1 Å². The van der Waals surface area contributed by atoms with Gasteiger partial charge < -0.3 is 9.32 Å². The van der Waals surface area contributed by atoms with Gasteiger partial charge in [0, 0.05) is 16.7 Å². The Morgan fingerprint density at radius 3 is 3.19 bits per heavy atom. The van der Waals surface area contributed by atoms with Crippen molar-refractivity contribution in [3.05, 3.63) is 28.3 Å². The van der Waals surface area contributed by atoms with E-state index in [4.69, 9.17) is 4.42 Å². The standard InChI is InChI=1S/C15H21N3OS2/c1-18-8-3-2-5-12(18)7-10-21-15-17-16-14(19-15)11-13-6-4-9-20-13/h4,6,9,12H,2-3,5,7-8,10-11H2,1H3. The zero-order valence-corrected chi connectivity index (χ0v) is 14.0. The molecule has 2 aromatic heterocycles. The number of nitrogens with zero attached hydrogens (tertiary/aromatic N) is 3. The number of hydrogen-bond acceptors (Lipinski definition) is 6. The predicted octanol–water partition coefficient (Wildman–Crippen LogP) is 3.69. The number of rotatable bonds is 6. The van der Waals surface area contributed by atoms with E-state index in [0.717, 1.165) is 24.1 Å². The molecule has 1 unspecified atom stereocenters. The second-order valence-electron chi connectivity index (χ2n) is 5.49. The summed E-state index contributed by atoms with van der Waals surface area (Å²) < 4.78 is 5.71. The van der Waals surface area contributed by atoms with Crippen molar-refractivity contribution in [3.8, 4) is 0 Å². The molecular weight excluding hydrogens is 302 g/mol. The minimum Gasteiger partial charge on any atom is -0.416 e. The van der Waals surface area contributed by atoms with Gasteiger partial charge in [-0.1, -0.05) is 24.2 Å². The van der Waals surface area contributed by atoms with Crippen LogP contribution in [0.2, 0.25) is 0 Å². The van der Waals surface area contributed by atoms with E-state index in [0.29, 0.717) is 5.22 Å². The van der Waals surface area contributed by atoms with Crippen LogP contribution in [0.15, 0.2) is 27.2 Å². The Morgan fingerprint density at radius 2 is 2.38 bits per heavy atom. The van der Waals surface area contributed by atoms with Crippen LogP contribution in [-0.2, 0) is 6.42 Å². The summed E-state index contributed by atoms with van der Waals surface area (Å²) in [7, 11) is 2.24. The normalized spacial score (nSPS) is 20.0. The van der Waals surface area contributed by atoms with Crippen molar-refractivity contribution in [1.29, 1.82) is 0 Å². The molecule has 0 amide bonds. The molecule has 1 saturated heterocycles. The van der Waals surface area contributed by atoms with Crippen LogP contribution in [0, 0.1) is 0 Å². The largest absolute Gasteiger partial charge is 0.416 e. The van der Waals surface area contributed by atoms with Crippen LogP contribution in [0.4, 0.5) is 0 Å². The van der Waals surface area contributed by atoms with Gasteiger partial charge in [0.05, 0.1) is 6.42 Å². The molecule has 4 nitrogen and oxygen atoms in total. The van der Waals surface area contributed by atoms with Gasteiger partial charge in [0.15, 0.2) is 0 Å². The van der Waals surface area contributed by atoms with Crippen molar-refractivity contribution in [3.63, 3.8) is 0 Å². The summed E-state index contributed by atoms with van der Waals surface area (Å²) in [5.74, 6) is 1.77. The fraction of sp³-hybridized carbons (Fsp3) is 0.600. The smallest absolute Gasteiger partial charge is 0.276 e. The number of hydrogen-bond donors (Lipinski definition) is 0. The summed E-state index contributed by atoms with van der Waals surface area (Å²) >= 11 is 3.41. The molecule has 3 heterocycles. The molecule has 114 valence electrons.